The molecule has 0 aliphatic rings. The SMILES string of the molecule is CC(=CCOc1cc(C)ccc1C(C)C)C(=O)O. The molecule has 3 nitrogen and oxygen atoms in total. The second-order valence-corrected chi connectivity index (χ2v) is 4.70. The molecule has 18 heavy (non-hydrogen) atoms. The summed E-state index contributed by atoms with van der Waals surface area (Å²) in [5.74, 6) is 0.302. The third-order valence-electron chi connectivity index (χ3n) is 2.76. The second kappa shape index (κ2) is 6.24. The van der Waals surface area contributed by atoms with E-state index in [2.05, 4.69) is 26.0 Å². The zero-order valence-electron chi connectivity index (χ0n) is 11.4. The average molecular weight is 248 g/mol. The number of hydrogen-bond donors (Lipinski definition) is 1. The highest BCUT2D eigenvalue weighted by atomic mass is 16.5. The lowest BCUT2D eigenvalue weighted by Crippen LogP contribution is -2.03. The van der Waals surface area contributed by atoms with E-state index < -0.39 is 5.97 Å². The van der Waals surface area contributed by atoms with E-state index in [4.69, 9.17) is 9.84 Å². The van der Waals surface area contributed by atoms with Gasteiger partial charge in [0, 0.05) is 5.57 Å². The van der Waals surface area contributed by atoms with Crippen LogP contribution in [0.15, 0.2) is 29.8 Å². The van der Waals surface area contributed by atoms with Gasteiger partial charge in [-0.1, -0.05) is 26.0 Å². The molecule has 0 amide bonds. The van der Waals surface area contributed by atoms with Gasteiger partial charge in [0.15, 0.2) is 0 Å². The van der Waals surface area contributed by atoms with E-state index in [-0.39, 0.29) is 6.61 Å². The van der Waals surface area contributed by atoms with Crippen molar-refractivity contribution in [2.75, 3.05) is 6.61 Å². The Labute approximate surface area is 108 Å². The number of rotatable bonds is 5. The Morgan fingerprint density at radius 3 is 2.67 bits per heavy atom. The summed E-state index contributed by atoms with van der Waals surface area (Å²) in [6, 6.07) is 6.10. The van der Waals surface area contributed by atoms with Crippen molar-refractivity contribution >= 4 is 5.97 Å². The minimum atomic E-state index is -0.910. The molecule has 1 rings (SSSR count). The van der Waals surface area contributed by atoms with Crippen LogP contribution in [0.4, 0.5) is 0 Å². The third-order valence-corrected chi connectivity index (χ3v) is 2.76. The molecule has 0 saturated heterocycles. The summed E-state index contributed by atoms with van der Waals surface area (Å²) in [7, 11) is 0. The Hall–Kier alpha value is -1.77. The van der Waals surface area contributed by atoms with Crippen LogP contribution in [0.5, 0.6) is 5.75 Å². The second-order valence-electron chi connectivity index (χ2n) is 4.70. The van der Waals surface area contributed by atoms with Gasteiger partial charge in [-0.3, -0.25) is 0 Å². The summed E-state index contributed by atoms with van der Waals surface area (Å²) in [5.41, 5.74) is 2.57. The number of hydrogen-bond acceptors (Lipinski definition) is 2. The number of carboxylic acid groups (broad SMARTS) is 1. The van der Waals surface area contributed by atoms with Gasteiger partial charge >= 0.3 is 5.97 Å². The molecule has 1 aromatic rings. The van der Waals surface area contributed by atoms with E-state index in [0.717, 1.165) is 16.9 Å². The van der Waals surface area contributed by atoms with Crippen molar-refractivity contribution < 1.29 is 14.6 Å². The number of carbonyl (C=O) groups is 1. The largest absolute Gasteiger partial charge is 0.489 e. The van der Waals surface area contributed by atoms with Gasteiger partial charge in [0.1, 0.15) is 12.4 Å². The van der Waals surface area contributed by atoms with Crippen molar-refractivity contribution in [2.24, 2.45) is 0 Å². The Balaban J connectivity index is 2.81. The van der Waals surface area contributed by atoms with Crippen LogP contribution in [0.2, 0.25) is 0 Å². The lowest BCUT2D eigenvalue weighted by molar-refractivity contribution is -0.132. The molecule has 0 radical (unpaired) electrons. The molecule has 0 atom stereocenters. The van der Waals surface area contributed by atoms with Crippen molar-refractivity contribution in [1.29, 1.82) is 0 Å². The number of benzene rings is 1. The Bertz CT molecular complexity index is 459. The highest BCUT2D eigenvalue weighted by molar-refractivity contribution is 5.85. The van der Waals surface area contributed by atoms with Crippen LogP contribution < -0.4 is 4.74 Å². The summed E-state index contributed by atoms with van der Waals surface area (Å²) < 4.78 is 5.66. The van der Waals surface area contributed by atoms with Crippen LogP contribution >= 0.6 is 0 Å². The molecule has 0 aliphatic heterocycles. The van der Waals surface area contributed by atoms with Crippen molar-refractivity contribution in [3.05, 3.63) is 41.0 Å². The fraction of sp³-hybridized carbons (Fsp3) is 0.400. The lowest BCUT2D eigenvalue weighted by atomic mass is 10.0. The summed E-state index contributed by atoms with van der Waals surface area (Å²) >= 11 is 0. The van der Waals surface area contributed by atoms with Crippen LogP contribution in [0.1, 0.15) is 37.8 Å². The number of carboxylic acids is 1. The maximum absolute atomic E-state index is 10.6. The molecule has 0 aromatic heterocycles. The van der Waals surface area contributed by atoms with Crippen LogP contribution in [0.3, 0.4) is 0 Å². The van der Waals surface area contributed by atoms with Gasteiger partial charge in [0.25, 0.3) is 0 Å². The average Bonchev–Trinajstić information content (AvgIpc) is 2.28. The Kier molecular flexibility index (Phi) is 4.95. The first-order valence-electron chi connectivity index (χ1n) is 6.05. The molecule has 0 bridgehead atoms. The number of ether oxygens (including phenoxy) is 1. The number of aliphatic carboxylic acids is 1. The molecule has 0 heterocycles. The molecule has 0 saturated carbocycles. The van der Waals surface area contributed by atoms with Gasteiger partial charge in [-0.05, 0) is 43.0 Å². The van der Waals surface area contributed by atoms with Gasteiger partial charge in [-0.2, -0.15) is 0 Å². The fourth-order valence-corrected chi connectivity index (χ4v) is 1.59. The van der Waals surface area contributed by atoms with Gasteiger partial charge in [0.2, 0.25) is 0 Å². The van der Waals surface area contributed by atoms with Gasteiger partial charge < -0.3 is 9.84 Å². The van der Waals surface area contributed by atoms with Crippen LogP contribution in [0, 0.1) is 6.92 Å². The number of aryl methyl sites for hydroxylation is 1. The zero-order valence-corrected chi connectivity index (χ0v) is 11.4. The van der Waals surface area contributed by atoms with E-state index in [9.17, 15) is 4.79 Å². The molecule has 3 heteroatoms. The first kappa shape index (κ1) is 14.3. The molecule has 1 N–H and O–H groups in total. The highest BCUT2D eigenvalue weighted by Crippen LogP contribution is 2.27. The minimum Gasteiger partial charge on any atom is -0.489 e. The maximum Gasteiger partial charge on any atom is 0.331 e. The van der Waals surface area contributed by atoms with E-state index in [1.54, 1.807) is 13.0 Å². The van der Waals surface area contributed by atoms with E-state index in [0.29, 0.717) is 11.5 Å². The molecule has 98 valence electrons. The first-order chi connectivity index (χ1) is 8.41. The topological polar surface area (TPSA) is 46.5 Å². The van der Waals surface area contributed by atoms with Crippen molar-refractivity contribution in [1.82, 2.24) is 0 Å². The normalized spacial score (nSPS) is 11.7. The third kappa shape index (κ3) is 3.91. The molecule has 1 aromatic carbocycles. The molecular weight excluding hydrogens is 228 g/mol. The van der Waals surface area contributed by atoms with Crippen LogP contribution in [0.25, 0.3) is 0 Å². The van der Waals surface area contributed by atoms with E-state index in [1.165, 1.54) is 0 Å². The van der Waals surface area contributed by atoms with Crippen LogP contribution in [-0.2, 0) is 4.79 Å². The minimum absolute atomic E-state index is 0.279. The summed E-state index contributed by atoms with van der Waals surface area (Å²) in [6.07, 6.45) is 1.58. The predicted octanol–water partition coefficient (Wildman–Crippen LogP) is 3.53. The highest BCUT2D eigenvalue weighted by Gasteiger charge is 2.07. The smallest absolute Gasteiger partial charge is 0.331 e. The molecule has 0 fully saturated rings. The lowest BCUT2D eigenvalue weighted by Gasteiger charge is -2.14. The van der Waals surface area contributed by atoms with Crippen molar-refractivity contribution in [3.8, 4) is 5.75 Å². The van der Waals surface area contributed by atoms with E-state index >= 15 is 0 Å². The molecule has 0 spiro atoms. The quantitative estimate of drug-likeness (QED) is 0.811. The molecule has 0 aliphatic carbocycles. The van der Waals surface area contributed by atoms with Gasteiger partial charge in [-0.25, -0.2) is 4.79 Å². The van der Waals surface area contributed by atoms with Gasteiger partial charge in [-0.15, -0.1) is 0 Å². The van der Waals surface area contributed by atoms with E-state index in [1.807, 2.05) is 13.0 Å². The fourth-order valence-electron chi connectivity index (χ4n) is 1.59. The summed E-state index contributed by atoms with van der Waals surface area (Å²) in [6.45, 7) is 8.06. The predicted molar refractivity (Wildman–Crippen MR) is 72.2 cm³/mol. The monoisotopic (exact) mass is 248 g/mol. The maximum atomic E-state index is 10.6. The summed E-state index contributed by atoms with van der Waals surface area (Å²) in [5, 5.41) is 8.74. The standard InChI is InChI=1S/C15H20O3/c1-10(2)13-6-5-11(3)9-14(13)18-8-7-12(4)15(16)17/h5-7,9-10H,8H2,1-4H3,(H,16,17). The Morgan fingerprint density at radius 1 is 1.44 bits per heavy atom. The van der Waals surface area contributed by atoms with Gasteiger partial charge in [0.05, 0.1) is 0 Å². The van der Waals surface area contributed by atoms with Crippen molar-refractivity contribution in [2.45, 2.75) is 33.6 Å². The Morgan fingerprint density at radius 2 is 2.11 bits per heavy atom. The molecular formula is C15H20O3. The van der Waals surface area contributed by atoms with Crippen LogP contribution in [-0.4, -0.2) is 17.7 Å². The zero-order chi connectivity index (χ0) is 13.7. The van der Waals surface area contributed by atoms with Crippen molar-refractivity contribution in [3.63, 3.8) is 0 Å². The molecule has 0 unspecified atom stereocenters. The first-order valence-corrected chi connectivity index (χ1v) is 6.05. The summed E-state index contributed by atoms with van der Waals surface area (Å²) in [4.78, 5) is 10.6.